The van der Waals surface area contributed by atoms with E-state index in [1.807, 2.05) is 74.5 Å². The number of aromatic carboxylic acids is 1. The van der Waals surface area contributed by atoms with Crippen molar-refractivity contribution in [1.29, 1.82) is 0 Å². The number of rotatable bonds is 7. The molecule has 8 nitrogen and oxygen atoms in total. The first-order chi connectivity index (χ1) is 17.5. The molecule has 0 aliphatic carbocycles. The van der Waals surface area contributed by atoms with E-state index in [4.69, 9.17) is 4.74 Å². The molecule has 2 aromatic heterocycles. The number of nitrogens with one attached hydrogen (secondary N) is 1. The molecule has 3 aromatic carbocycles. The molecular formula is C28H23N5O3. The van der Waals surface area contributed by atoms with Crippen molar-refractivity contribution in [1.82, 2.24) is 25.6 Å². The number of tetrazole rings is 1. The van der Waals surface area contributed by atoms with E-state index in [1.54, 1.807) is 18.2 Å². The van der Waals surface area contributed by atoms with E-state index in [0.717, 1.165) is 44.8 Å². The summed E-state index contributed by atoms with van der Waals surface area (Å²) in [5.74, 6) is 0.151. The van der Waals surface area contributed by atoms with Crippen LogP contribution in [0.3, 0.4) is 0 Å². The summed E-state index contributed by atoms with van der Waals surface area (Å²) in [7, 11) is 0. The van der Waals surface area contributed by atoms with Crippen LogP contribution in [-0.4, -0.2) is 36.7 Å². The van der Waals surface area contributed by atoms with Gasteiger partial charge in [-0.2, -0.15) is 5.21 Å². The van der Waals surface area contributed by atoms with E-state index in [9.17, 15) is 9.90 Å². The number of carbonyl (C=O) groups is 1. The molecule has 0 unspecified atom stereocenters. The summed E-state index contributed by atoms with van der Waals surface area (Å²) in [6, 6.07) is 24.7. The fraction of sp³-hybridized carbons (Fsp3) is 0.107. The second-order valence-electron chi connectivity index (χ2n) is 8.38. The van der Waals surface area contributed by atoms with Gasteiger partial charge in [0.25, 0.3) is 0 Å². The van der Waals surface area contributed by atoms with Crippen molar-refractivity contribution < 1.29 is 14.6 Å². The monoisotopic (exact) mass is 477 g/mol. The van der Waals surface area contributed by atoms with Crippen LogP contribution in [0.15, 0.2) is 78.9 Å². The smallest absolute Gasteiger partial charge is 0.335 e. The molecular weight excluding hydrogens is 454 g/mol. The van der Waals surface area contributed by atoms with Crippen LogP contribution in [0.25, 0.3) is 33.6 Å². The Morgan fingerprint density at radius 1 is 0.917 bits per heavy atom. The van der Waals surface area contributed by atoms with Gasteiger partial charge in [0.2, 0.25) is 5.82 Å². The molecule has 0 atom stereocenters. The van der Waals surface area contributed by atoms with Gasteiger partial charge < -0.3 is 9.84 Å². The normalized spacial score (nSPS) is 10.8. The van der Waals surface area contributed by atoms with E-state index in [0.29, 0.717) is 11.6 Å². The van der Waals surface area contributed by atoms with Crippen LogP contribution in [0.5, 0.6) is 5.75 Å². The molecule has 0 fully saturated rings. The second kappa shape index (κ2) is 9.79. The van der Waals surface area contributed by atoms with Gasteiger partial charge in [0, 0.05) is 28.6 Å². The van der Waals surface area contributed by atoms with Gasteiger partial charge >= 0.3 is 5.97 Å². The van der Waals surface area contributed by atoms with E-state index in [1.165, 1.54) is 0 Å². The van der Waals surface area contributed by atoms with E-state index in [-0.39, 0.29) is 12.2 Å². The first-order valence-corrected chi connectivity index (χ1v) is 11.4. The number of aromatic nitrogens is 5. The Hall–Kier alpha value is -4.85. The predicted molar refractivity (Wildman–Crippen MR) is 135 cm³/mol. The maximum Gasteiger partial charge on any atom is 0.335 e. The molecule has 36 heavy (non-hydrogen) atoms. The molecule has 0 bridgehead atoms. The Balaban J connectivity index is 1.50. The van der Waals surface area contributed by atoms with Crippen LogP contribution >= 0.6 is 0 Å². The van der Waals surface area contributed by atoms with Gasteiger partial charge in [0.05, 0.1) is 5.56 Å². The first kappa shape index (κ1) is 22.9. The third-order valence-electron chi connectivity index (χ3n) is 5.84. The highest BCUT2D eigenvalue weighted by Crippen LogP contribution is 2.35. The van der Waals surface area contributed by atoms with Gasteiger partial charge in [0.1, 0.15) is 12.4 Å². The SMILES string of the molecule is Cc1cc(OCc2ccc(-c3ccccc3)c(-c3nn[nH]n3)c2)c(-c2cccc(C(=O)O)c2)c(C)n1. The van der Waals surface area contributed by atoms with E-state index < -0.39 is 5.97 Å². The molecule has 0 saturated heterocycles. The van der Waals surface area contributed by atoms with Crippen LogP contribution in [-0.2, 0) is 6.61 Å². The van der Waals surface area contributed by atoms with E-state index in [2.05, 4.69) is 25.6 Å². The van der Waals surface area contributed by atoms with Crippen LogP contribution in [0.2, 0.25) is 0 Å². The lowest BCUT2D eigenvalue weighted by atomic mass is 9.97. The van der Waals surface area contributed by atoms with E-state index >= 15 is 0 Å². The van der Waals surface area contributed by atoms with Crippen molar-refractivity contribution in [3.05, 3.63) is 101 Å². The summed E-state index contributed by atoms with van der Waals surface area (Å²) in [6.45, 7) is 4.08. The average molecular weight is 478 g/mol. The van der Waals surface area contributed by atoms with Crippen LogP contribution in [0.4, 0.5) is 0 Å². The summed E-state index contributed by atoms with van der Waals surface area (Å²) >= 11 is 0. The number of H-pyrrole nitrogens is 1. The Morgan fingerprint density at radius 3 is 2.47 bits per heavy atom. The topological polar surface area (TPSA) is 114 Å². The summed E-state index contributed by atoms with van der Waals surface area (Å²) in [4.78, 5) is 16.1. The number of aryl methyl sites for hydroxylation is 2. The number of carboxylic acid groups (broad SMARTS) is 1. The molecule has 0 spiro atoms. The largest absolute Gasteiger partial charge is 0.488 e. The van der Waals surface area contributed by atoms with Gasteiger partial charge in [-0.1, -0.05) is 54.6 Å². The number of aromatic amines is 1. The number of benzene rings is 3. The maximum absolute atomic E-state index is 11.5. The molecule has 5 rings (SSSR count). The number of carboxylic acids is 1. The molecule has 8 heteroatoms. The lowest BCUT2D eigenvalue weighted by Crippen LogP contribution is -2.02. The quantitative estimate of drug-likeness (QED) is 0.319. The van der Waals surface area contributed by atoms with Gasteiger partial charge in [-0.15, -0.1) is 10.2 Å². The highest BCUT2D eigenvalue weighted by molar-refractivity contribution is 5.90. The number of nitrogens with zero attached hydrogens (tertiary/aromatic N) is 4. The third-order valence-corrected chi connectivity index (χ3v) is 5.84. The molecule has 0 saturated carbocycles. The minimum Gasteiger partial charge on any atom is -0.488 e. The minimum atomic E-state index is -0.982. The molecule has 2 N–H and O–H groups in total. The summed E-state index contributed by atoms with van der Waals surface area (Å²) < 4.78 is 6.31. The van der Waals surface area contributed by atoms with Crippen LogP contribution in [0, 0.1) is 13.8 Å². The van der Waals surface area contributed by atoms with Gasteiger partial charge in [0.15, 0.2) is 0 Å². The van der Waals surface area contributed by atoms with Crippen molar-refractivity contribution in [2.75, 3.05) is 0 Å². The van der Waals surface area contributed by atoms with Crippen molar-refractivity contribution in [2.45, 2.75) is 20.5 Å². The lowest BCUT2D eigenvalue weighted by Gasteiger charge is -2.16. The van der Waals surface area contributed by atoms with Gasteiger partial charge in [-0.05, 0) is 59.5 Å². The zero-order valence-corrected chi connectivity index (χ0v) is 19.8. The highest BCUT2D eigenvalue weighted by Gasteiger charge is 2.16. The molecule has 178 valence electrons. The number of ether oxygens (including phenoxy) is 1. The molecule has 0 aliphatic rings. The van der Waals surface area contributed by atoms with Crippen molar-refractivity contribution in [2.24, 2.45) is 0 Å². The number of hydrogen-bond donors (Lipinski definition) is 2. The van der Waals surface area contributed by atoms with Crippen molar-refractivity contribution in [3.63, 3.8) is 0 Å². The summed E-state index contributed by atoms with van der Waals surface area (Å²) in [6.07, 6.45) is 0. The Labute approximate surface area is 207 Å². The molecule has 0 radical (unpaired) electrons. The zero-order valence-electron chi connectivity index (χ0n) is 19.8. The number of pyridine rings is 1. The molecule has 2 heterocycles. The van der Waals surface area contributed by atoms with Gasteiger partial charge in [-0.25, -0.2) is 4.79 Å². The van der Waals surface area contributed by atoms with Crippen LogP contribution in [0.1, 0.15) is 27.3 Å². The fourth-order valence-corrected chi connectivity index (χ4v) is 4.24. The maximum atomic E-state index is 11.5. The van der Waals surface area contributed by atoms with Crippen molar-refractivity contribution in [3.8, 4) is 39.4 Å². The lowest BCUT2D eigenvalue weighted by molar-refractivity contribution is 0.0697. The highest BCUT2D eigenvalue weighted by atomic mass is 16.5. The second-order valence-corrected chi connectivity index (χ2v) is 8.38. The zero-order chi connectivity index (χ0) is 25.1. The number of hydrogen-bond acceptors (Lipinski definition) is 6. The Kier molecular flexibility index (Phi) is 6.23. The third kappa shape index (κ3) is 4.69. The molecule has 5 aromatic rings. The molecule has 0 amide bonds. The Bertz CT molecular complexity index is 1530. The predicted octanol–water partition coefficient (Wildman–Crippen LogP) is 5.49. The first-order valence-electron chi connectivity index (χ1n) is 11.4. The fourth-order valence-electron chi connectivity index (χ4n) is 4.24. The van der Waals surface area contributed by atoms with Crippen molar-refractivity contribution >= 4 is 5.97 Å². The minimum absolute atomic E-state index is 0.208. The van der Waals surface area contributed by atoms with Crippen LogP contribution < -0.4 is 4.74 Å². The molecule has 0 aliphatic heterocycles. The summed E-state index contributed by atoms with van der Waals surface area (Å²) in [5, 5.41) is 24.1. The van der Waals surface area contributed by atoms with Gasteiger partial charge in [-0.3, -0.25) is 4.98 Å². The summed E-state index contributed by atoms with van der Waals surface area (Å²) in [5.41, 5.74) is 7.09. The average Bonchev–Trinajstić information content (AvgIpc) is 3.43. The standard InChI is InChI=1S/C28H23N5O3/c1-17-13-25(26(18(2)29-17)21-9-6-10-22(15-21)28(34)35)36-16-19-11-12-23(20-7-4-3-5-8-20)24(14-19)27-30-32-33-31-27/h3-15H,16H2,1-2H3,(H,34,35)(H,30,31,32,33). The Morgan fingerprint density at radius 2 is 1.72 bits per heavy atom.